The lowest BCUT2D eigenvalue weighted by atomic mass is 10.2. The molecule has 0 saturated carbocycles. The average molecular weight is 271 g/mol. The molecule has 0 atom stereocenters. The Hall–Kier alpha value is -1.56. The molecule has 1 rings (SSSR count). The third-order valence-corrected chi connectivity index (χ3v) is 3.69. The van der Waals surface area contributed by atoms with Gasteiger partial charge in [-0.15, -0.1) is 0 Å². The van der Waals surface area contributed by atoms with E-state index in [4.69, 9.17) is 0 Å². The van der Waals surface area contributed by atoms with Gasteiger partial charge in [-0.2, -0.15) is 0 Å². The minimum Gasteiger partial charge on any atom is -0.469 e. The quantitative estimate of drug-likeness (QED) is 0.799. The Kier molecular flexibility index (Phi) is 5.15. The maximum atomic E-state index is 11.7. The molecule has 100 valence electrons. The van der Waals surface area contributed by atoms with Gasteiger partial charge in [0.15, 0.2) is 0 Å². The van der Waals surface area contributed by atoms with Crippen LogP contribution in [0.15, 0.2) is 24.3 Å². The summed E-state index contributed by atoms with van der Waals surface area (Å²) in [6, 6.07) is 7.10. The van der Waals surface area contributed by atoms with E-state index in [9.17, 15) is 13.2 Å². The topological polar surface area (TPSA) is 72.5 Å². The van der Waals surface area contributed by atoms with Crippen LogP contribution >= 0.6 is 0 Å². The molecule has 0 spiro atoms. The fourth-order valence-corrected chi connectivity index (χ4v) is 2.56. The molecule has 1 N–H and O–H groups in total. The molecule has 6 heteroatoms. The van der Waals surface area contributed by atoms with Gasteiger partial charge in [-0.3, -0.25) is 9.52 Å². The molecule has 0 aliphatic heterocycles. The zero-order chi connectivity index (χ0) is 13.6. The summed E-state index contributed by atoms with van der Waals surface area (Å²) in [5.74, 6) is -0.503. The minimum atomic E-state index is -3.41. The van der Waals surface area contributed by atoms with E-state index >= 15 is 0 Å². The molecule has 1 aromatic carbocycles. The van der Waals surface area contributed by atoms with Gasteiger partial charge in [-0.1, -0.05) is 12.1 Å². The average Bonchev–Trinajstić information content (AvgIpc) is 2.27. The standard InChI is InChI=1S/C12H17NO4S/c1-10-5-3-6-11(9-10)13-18(15,16)8-4-7-12(14)17-2/h3,5-6,9,13H,4,7-8H2,1-2H3. The maximum absolute atomic E-state index is 11.7. The Morgan fingerprint density at radius 2 is 2.11 bits per heavy atom. The van der Waals surface area contributed by atoms with Gasteiger partial charge in [0, 0.05) is 12.1 Å². The second-order valence-corrected chi connectivity index (χ2v) is 5.81. The SMILES string of the molecule is COC(=O)CCCS(=O)(=O)Nc1cccc(C)c1. The fraction of sp³-hybridized carbons (Fsp3) is 0.417. The van der Waals surface area contributed by atoms with Crippen molar-refractivity contribution in [2.75, 3.05) is 17.6 Å². The van der Waals surface area contributed by atoms with E-state index in [0.717, 1.165) is 5.56 Å². The number of anilines is 1. The molecule has 5 nitrogen and oxygen atoms in total. The normalized spacial score (nSPS) is 11.0. The van der Waals surface area contributed by atoms with Crippen molar-refractivity contribution in [2.45, 2.75) is 19.8 Å². The molecule has 18 heavy (non-hydrogen) atoms. The molecule has 0 amide bonds. The van der Waals surface area contributed by atoms with Crippen LogP contribution in [0, 0.1) is 6.92 Å². The first-order valence-corrected chi connectivity index (χ1v) is 7.22. The first-order chi connectivity index (χ1) is 8.43. The lowest BCUT2D eigenvalue weighted by Gasteiger charge is -2.08. The van der Waals surface area contributed by atoms with Crippen LogP contribution in [0.5, 0.6) is 0 Å². The number of methoxy groups -OCH3 is 1. The van der Waals surface area contributed by atoms with E-state index in [1.165, 1.54) is 7.11 Å². The van der Waals surface area contributed by atoms with Gasteiger partial charge in [0.25, 0.3) is 0 Å². The predicted octanol–water partition coefficient (Wildman–Crippen LogP) is 1.69. The van der Waals surface area contributed by atoms with Crippen LogP contribution in [-0.2, 0) is 19.6 Å². The van der Waals surface area contributed by atoms with Gasteiger partial charge < -0.3 is 4.74 Å². The first-order valence-electron chi connectivity index (χ1n) is 5.57. The number of benzene rings is 1. The maximum Gasteiger partial charge on any atom is 0.305 e. The Bertz CT molecular complexity index is 511. The molecule has 0 aromatic heterocycles. The number of hydrogen-bond donors (Lipinski definition) is 1. The summed E-state index contributed by atoms with van der Waals surface area (Å²) < 4.78 is 30.4. The number of carbonyl (C=O) groups excluding carboxylic acids is 1. The number of ether oxygens (including phenoxy) is 1. The predicted molar refractivity (Wildman–Crippen MR) is 69.8 cm³/mol. The molecule has 1 aromatic rings. The summed E-state index contributed by atoms with van der Waals surface area (Å²) in [6.45, 7) is 1.88. The summed E-state index contributed by atoms with van der Waals surface area (Å²) >= 11 is 0. The van der Waals surface area contributed by atoms with Crippen molar-refractivity contribution in [3.63, 3.8) is 0 Å². The molecular formula is C12H17NO4S. The third-order valence-electron chi connectivity index (χ3n) is 2.31. The number of nitrogens with one attached hydrogen (secondary N) is 1. The van der Waals surface area contributed by atoms with E-state index in [0.29, 0.717) is 5.69 Å². The Morgan fingerprint density at radius 1 is 1.39 bits per heavy atom. The highest BCUT2D eigenvalue weighted by Crippen LogP contribution is 2.12. The van der Waals surface area contributed by atoms with Gasteiger partial charge in [-0.25, -0.2) is 8.42 Å². The second-order valence-electron chi connectivity index (χ2n) is 3.97. The van der Waals surface area contributed by atoms with E-state index < -0.39 is 16.0 Å². The number of hydrogen-bond acceptors (Lipinski definition) is 4. The van der Waals surface area contributed by atoms with Crippen LogP contribution in [0.3, 0.4) is 0 Å². The van der Waals surface area contributed by atoms with E-state index in [1.54, 1.807) is 18.2 Å². The third kappa shape index (κ3) is 5.18. The number of rotatable bonds is 6. The second kappa shape index (κ2) is 6.39. The van der Waals surface area contributed by atoms with Gasteiger partial charge in [0.2, 0.25) is 10.0 Å². The summed E-state index contributed by atoms with van der Waals surface area (Å²) in [6.07, 6.45) is 0.346. The highest BCUT2D eigenvalue weighted by atomic mass is 32.2. The lowest BCUT2D eigenvalue weighted by molar-refractivity contribution is -0.140. The van der Waals surface area contributed by atoms with Crippen molar-refractivity contribution in [2.24, 2.45) is 0 Å². The van der Waals surface area contributed by atoms with Crippen molar-refractivity contribution in [3.05, 3.63) is 29.8 Å². The highest BCUT2D eigenvalue weighted by molar-refractivity contribution is 7.92. The molecule has 0 aliphatic rings. The molecule has 0 bridgehead atoms. The molecule has 0 unspecified atom stereocenters. The Morgan fingerprint density at radius 3 is 2.72 bits per heavy atom. The van der Waals surface area contributed by atoms with Crippen molar-refractivity contribution < 1.29 is 17.9 Å². The molecule has 0 heterocycles. The number of esters is 1. The summed E-state index contributed by atoms with van der Waals surface area (Å²) in [4.78, 5) is 10.9. The van der Waals surface area contributed by atoms with E-state index in [1.807, 2.05) is 13.0 Å². The van der Waals surface area contributed by atoms with Gasteiger partial charge in [-0.05, 0) is 31.0 Å². The highest BCUT2D eigenvalue weighted by Gasteiger charge is 2.11. The van der Waals surface area contributed by atoms with E-state index in [2.05, 4.69) is 9.46 Å². The largest absolute Gasteiger partial charge is 0.469 e. The smallest absolute Gasteiger partial charge is 0.305 e. The van der Waals surface area contributed by atoms with Crippen LogP contribution in [0.25, 0.3) is 0 Å². The van der Waals surface area contributed by atoms with Gasteiger partial charge >= 0.3 is 5.97 Å². The van der Waals surface area contributed by atoms with Crippen LogP contribution in [-0.4, -0.2) is 27.2 Å². The van der Waals surface area contributed by atoms with Crippen LogP contribution < -0.4 is 4.72 Å². The van der Waals surface area contributed by atoms with Crippen molar-refractivity contribution in [1.82, 2.24) is 0 Å². The molecule has 0 radical (unpaired) electrons. The van der Waals surface area contributed by atoms with Crippen molar-refractivity contribution in [1.29, 1.82) is 0 Å². The summed E-state index contributed by atoms with van der Waals surface area (Å²) in [5, 5.41) is 0. The lowest BCUT2D eigenvalue weighted by Crippen LogP contribution is -2.17. The molecule has 0 fully saturated rings. The van der Waals surface area contributed by atoms with Gasteiger partial charge in [0.1, 0.15) is 0 Å². The molecular weight excluding hydrogens is 254 g/mol. The molecule has 0 saturated heterocycles. The monoisotopic (exact) mass is 271 g/mol. The molecule has 0 aliphatic carbocycles. The number of sulfonamides is 1. The minimum absolute atomic E-state index is 0.101. The van der Waals surface area contributed by atoms with E-state index in [-0.39, 0.29) is 18.6 Å². The zero-order valence-corrected chi connectivity index (χ0v) is 11.3. The van der Waals surface area contributed by atoms with Crippen LogP contribution in [0.4, 0.5) is 5.69 Å². The number of carbonyl (C=O) groups is 1. The van der Waals surface area contributed by atoms with Crippen molar-refractivity contribution in [3.8, 4) is 0 Å². The Labute approximate surface area is 107 Å². The first kappa shape index (κ1) is 14.5. The zero-order valence-electron chi connectivity index (χ0n) is 10.5. The summed E-state index contributed by atoms with van der Waals surface area (Å²) in [7, 11) is -2.13. The fourth-order valence-electron chi connectivity index (χ4n) is 1.45. The van der Waals surface area contributed by atoms with Gasteiger partial charge in [0.05, 0.1) is 12.9 Å². The van der Waals surface area contributed by atoms with Crippen molar-refractivity contribution >= 4 is 21.7 Å². The Balaban J connectivity index is 2.52. The number of aryl methyl sites for hydroxylation is 1. The van der Waals surface area contributed by atoms with Crippen LogP contribution in [0.2, 0.25) is 0 Å². The van der Waals surface area contributed by atoms with Crippen LogP contribution in [0.1, 0.15) is 18.4 Å². The summed E-state index contributed by atoms with van der Waals surface area (Å²) in [5.41, 5.74) is 1.51.